The van der Waals surface area contributed by atoms with E-state index in [-0.39, 0.29) is 12.5 Å². The number of nitrogens with one attached hydrogen (secondary N) is 1. The Morgan fingerprint density at radius 2 is 1.63 bits per heavy atom. The van der Waals surface area contributed by atoms with Crippen LogP contribution in [0.15, 0.2) is 0 Å². The Hall–Kier alpha value is 0.400. The van der Waals surface area contributed by atoms with Crippen molar-refractivity contribution in [3.63, 3.8) is 0 Å². The number of hydrogen-bond acceptors (Lipinski definition) is 7. The maximum Gasteiger partial charge on any atom is 0.231 e. The predicted octanol–water partition coefficient (Wildman–Crippen LogP) is 1.52. The highest BCUT2D eigenvalue weighted by molar-refractivity contribution is 8.76. The summed E-state index contributed by atoms with van der Waals surface area (Å²) in [5.41, 5.74) is 0. The molecule has 0 atom stereocenters. The summed E-state index contributed by atoms with van der Waals surface area (Å²) >= 11 is 3.65. The van der Waals surface area contributed by atoms with Crippen LogP contribution < -0.4 is 4.72 Å². The SMILES string of the molecule is O=C(CCOCCCSSCCCOCCO)NS. The second-order valence-electron chi connectivity index (χ2n) is 3.58. The lowest BCUT2D eigenvalue weighted by atomic mass is 10.4. The molecule has 0 radical (unpaired) electrons. The number of ether oxygens (including phenoxy) is 2. The number of carbonyl (C=O) groups excluding carboxylic acids is 1. The summed E-state index contributed by atoms with van der Waals surface area (Å²) < 4.78 is 12.7. The number of aliphatic hydroxyl groups excluding tert-OH is 1. The molecule has 0 fully saturated rings. The van der Waals surface area contributed by atoms with Crippen molar-refractivity contribution in [2.75, 3.05) is 44.5 Å². The van der Waals surface area contributed by atoms with Gasteiger partial charge in [-0.1, -0.05) is 34.4 Å². The van der Waals surface area contributed by atoms with E-state index in [0.29, 0.717) is 32.8 Å². The molecule has 2 N–H and O–H groups in total. The minimum Gasteiger partial charge on any atom is -0.394 e. The van der Waals surface area contributed by atoms with Gasteiger partial charge < -0.3 is 19.3 Å². The van der Waals surface area contributed by atoms with Gasteiger partial charge in [0.25, 0.3) is 0 Å². The van der Waals surface area contributed by atoms with Crippen molar-refractivity contribution in [1.82, 2.24) is 4.72 Å². The second kappa shape index (κ2) is 16.5. The van der Waals surface area contributed by atoms with Crippen LogP contribution in [-0.4, -0.2) is 55.6 Å². The third-order valence-electron chi connectivity index (χ3n) is 1.95. The zero-order chi connectivity index (χ0) is 14.2. The van der Waals surface area contributed by atoms with Gasteiger partial charge >= 0.3 is 0 Å². The average molecular weight is 330 g/mol. The molecule has 5 nitrogen and oxygen atoms in total. The van der Waals surface area contributed by atoms with Gasteiger partial charge in [-0.05, 0) is 12.8 Å². The average Bonchev–Trinajstić information content (AvgIpc) is 2.43. The van der Waals surface area contributed by atoms with E-state index in [2.05, 4.69) is 17.5 Å². The van der Waals surface area contributed by atoms with Crippen molar-refractivity contribution >= 4 is 40.3 Å². The minimum atomic E-state index is -0.114. The first-order valence-electron chi connectivity index (χ1n) is 6.25. The Bertz CT molecular complexity index is 210. The van der Waals surface area contributed by atoms with Gasteiger partial charge in [0, 0.05) is 24.7 Å². The van der Waals surface area contributed by atoms with E-state index >= 15 is 0 Å². The van der Waals surface area contributed by atoms with Crippen LogP contribution in [-0.2, 0) is 14.3 Å². The van der Waals surface area contributed by atoms with Crippen LogP contribution in [0.3, 0.4) is 0 Å². The van der Waals surface area contributed by atoms with E-state index in [0.717, 1.165) is 24.3 Å². The maximum absolute atomic E-state index is 10.8. The molecule has 0 rings (SSSR count). The third-order valence-corrected chi connectivity index (χ3v) is 4.78. The third kappa shape index (κ3) is 16.3. The van der Waals surface area contributed by atoms with Gasteiger partial charge in [0.05, 0.1) is 26.2 Å². The highest BCUT2D eigenvalue weighted by Gasteiger charge is 1.98. The Morgan fingerprint density at radius 1 is 1.05 bits per heavy atom. The quantitative estimate of drug-likeness (QED) is 0.255. The molecule has 0 aliphatic heterocycles. The number of thiol groups is 1. The van der Waals surface area contributed by atoms with Crippen LogP contribution in [0.1, 0.15) is 19.3 Å². The molecular weight excluding hydrogens is 306 g/mol. The predicted molar refractivity (Wildman–Crippen MR) is 84.6 cm³/mol. The van der Waals surface area contributed by atoms with Gasteiger partial charge in [-0.25, -0.2) is 0 Å². The molecule has 0 aromatic carbocycles. The minimum absolute atomic E-state index is 0.0948. The van der Waals surface area contributed by atoms with Gasteiger partial charge in [0.2, 0.25) is 5.91 Å². The normalized spacial score (nSPS) is 10.6. The van der Waals surface area contributed by atoms with E-state index < -0.39 is 0 Å². The Balaban J connectivity index is 2.97. The Labute approximate surface area is 128 Å². The van der Waals surface area contributed by atoms with E-state index in [1.165, 1.54) is 0 Å². The number of amides is 1. The Kier molecular flexibility index (Phi) is 16.8. The zero-order valence-corrected chi connectivity index (χ0v) is 13.5. The fourth-order valence-electron chi connectivity index (χ4n) is 1.05. The van der Waals surface area contributed by atoms with Gasteiger partial charge in [0.1, 0.15) is 0 Å². The summed E-state index contributed by atoms with van der Waals surface area (Å²) in [6.07, 6.45) is 2.35. The molecule has 1 amide bonds. The van der Waals surface area contributed by atoms with Crippen molar-refractivity contribution in [1.29, 1.82) is 0 Å². The van der Waals surface area contributed by atoms with Crippen LogP contribution in [0.25, 0.3) is 0 Å². The standard InChI is InChI=1S/C11H23NO4S3/c13-4-8-16-6-2-10-19-18-9-1-5-15-7-3-11(14)12-17/h13,17H,1-10H2,(H,12,14). The van der Waals surface area contributed by atoms with E-state index in [1.807, 2.05) is 21.6 Å². The van der Waals surface area contributed by atoms with Gasteiger partial charge in [0.15, 0.2) is 0 Å². The van der Waals surface area contributed by atoms with Crippen molar-refractivity contribution in [3.05, 3.63) is 0 Å². The van der Waals surface area contributed by atoms with Crippen LogP contribution in [0.4, 0.5) is 0 Å². The largest absolute Gasteiger partial charge is 0.394 e. The monoisotopic (exact) mass is 329 g/mol. The highest BCUT2D eigenvalue weighted by atomic mass is 33.1. The molecule has 0 heterocycles. The molecule has 19 heavy (non-hydrogen) atoms. The van der Waals surface area contributed by atoms with E-state index in [9.17, 15) is 4.79 Å². The first-order valence-corrected chi connectivity index (χ1v) is 9.18. The summed E-state index contributed by atoms with van der Waals surface area (Å²) in [7, 11) is 3.65. The van der Waals surface area contributed by atoms with E-state index in [1.54, 1.807) is 0 Å². The van der Waals surface area contributed by atoms with Gasteiger partial charge in [-0.2, -0.15) is 0 Å². The summed E-state index contributed by atoms with van der Waals surface area (Å²) in [5, 5.41) is 8.50. The van der Waals surface area contributed by atoms with Gasteiger partial charge in [-0.3, -0.25) is 4.79 Å². The van der Waals surface area contributed by atoms with Crippen LogP contribution in [0, 0.1) is 0 Å². The van der Waals surface area contributed by atoms with Gasteiger partial charge in [-0.15, -0.1) is 0 Å². The van der Waals surface area contributed by atoms with Crippen molar-refractivity contribution in [3.8, 4) is 0 Å². The smallest absolute Gasteiger partial charge is 0.231 e. The number of aliphatic hydroxyl groups is 1. The molecule has 0 bridgehead atoms. The molecule has 0 aromatic rings. The Morgan fingerprint density at radius 3 is 2.16 bits per heavy atom. The molecule has 0 aliphatic rings. The number of hydrogen-bond donors (Lipinski definition) is 3. The highest BCUT2D eigenvalue weighted by Crippen LogP contribution is 2.22. The maximum atomic E-state index is 10.8. The number of carbonyl (C=O) groups is 1. The summed E-state index contributed by atoms with van der Waals surface area (Å²) in [6.45, 7) is 2.38. The lowest BCUT2D eigenvalue weighted by molar-refractivity contribution is -0.120. The molecule has 8 heteroatoms. The summed E-state index contributed by atoms with van der Waals surface area (Å²) in [5.74, 6) is 1.98. The van der Waals surface area contributed by atoms with Crippen LogP contribution >= 0.6 is 34.4 Å². The molecule has 114 valence electrons. The van der Waals surface area contributed by atoms with Crippen LogP contribution in [0.5, 0.6) is 0 Å². The second-order valence-corrected chi connectivity index (χ2v) is 6.51. The fraction of sp³-hybridized carbons (Fsp3) is 0.909. The van der Waals surface area contributed by atoms with E-state index in [4.69, 9.17) is 14.6 Å². The molecular formula is C11H23NO4S3. The number of rotatable bonds is 14. The molecule has 0 saturated heterocycles. The first-order chi connectivity index (χ1) is 9.31. The summed E-state index contributed by atoms with van der Waals surface area (Å²) in [4.78, 5) is 10.8. The topological polar surface area (TPSA) is 67.8 Å². The zero-order valence-electron chi connectivity index (χ0n) is 11.0. The fourth-order valence-corrected chi connectivity index (χ4v) is 3.28. The molecule has 0 aromatic heterocycles. The van der Waals surface area contributed by atoms with Crippen molar-refractivity contribution < 1.29 is 19.4 Å². The lowest BCUT2D eigenvalue weighted by Crippen LogP contribution is -2.15. The summed E-state index contributed by atoms with van der Waals surface area (Å²) in [6, 6.07) is 0. The van der Waals surface area contributed by atoms with Crippen molar-refractivity contribution in [2.24, 2.45) is 0 Å². The molecule has 0 spiro atoms. The molecule has 0 saturated carbocycles. The molecule has 0 aliphatic carbocycles. The van der Waals surface area contributed by atoms with Crippen molar-refractivity contribution in [2.45, 2.75) is 19.3 Å². The van der Waals surface area contributed by atoms with Crippen LogP contribution in [0.2, 0.25) is 0 Å². The lowest BCUT2D eigenvalue weighted by Gasteiger charge is -2.04. The molecule has 0 unspecified atom stereocenters. The first kappa shape index (κ1) is 19.4.